The van der Waals surface area contributed by atoms with E-state index in [1.54, 1.807) is 6.20 Å². The molecule has 0 radical (unpaired) electrons. The van der Waals surface area contributed by atoms with Gasteiger partial charge in [-0.3, -0.25) is 9.78 Å². The Balaban J connectivity index is 2.38. The quantitative estimate of drug-likeness (QED) is 0.764. The number of carbonyl (C=O) groups is 1. The highest BCUT2D eigenvalue weighted by molar-refractivity contribution is 5.85. The summed E-state index contributed by atoms with van der Waals surface area (Å²) in [5, 5.41) is 0.932. The van der Waals surface area contributed by atoms with Gasteiger partial charge in [-0.15, -0.1) is 0 Å². The Morgan fingerprint density at radius 3 is 3.00 bits per heavy atom. The third-order valence-electron chi connectivity index (χ3n) is 2.04. The van der Waals surface area contributed by atoms with E-state index in [0.717, 1.165) is 10.9 Å². The van der Waals surface area contributed by atoms with Crippen molar-refractivity contribution in [2.24, 2.45) is 0 Å². The third-order valence-corrected chi connectivity index (χ3v) is 2.04. The Labute approximate surface area is 87.7 Å². The standard InChI is InChI=1S/C12H11NO2/c1-9(14)8-15-12-6-2-5-11-10(12)4-3-7-13-11/h2-7H,8H2,1H3. The summed E-state index contributed by atoms with van der Waals surface area (Å²) >= 11 is 0. The van der Waals surface area contributed by atoms with Crippen LogP contribution >= 0.6 is 0 Å². The SMILES string of the molecule is CC(=O)COc1cccc2ncccc12. The second-order valence-corrected chi connectivity index (χ2v) is 3.32. The zero-order chi connectivity index (χ0) is 10.7. The minimum atomic E-state index is 0.0101. The van der Waals surface area contributed by atoms with Crippen molar-refractivity contribution in [3.05, 3.63) is 36.5 Å². The topological polar surface area (TPSA) is 39.2 Å². The summed E-state index contributed by atoms with van der Waals surface area (Å²) in [5.74, 6) is 0.715. The zero-order valence-electron chi connectivity index (χ0n) is 8.43. The van der Waals surface area contributed by atoms with Crippen molar-refractivity contribution in [1.29, 1.82) is 0 Å². The summed E-state index contributed by atoms with van der Waals surface area (Å²) in [6.45, 7) is 1.61. The number of ketones is 1. The van der Waals surface area contributed by atoms with Gasteiger partial charge in [0.25, 0.3) is 0 Å². The van der Waals surface area contributed by atoms with Crippen molar-refractivity contribution in [3.63, 3.8) is 0 Å². The average molecular weight is 201 g/mol. The molecule has 3 heteroatoms. The van der Waals surface area contributed by atoms with Crippen molar-refractivity contribution in [3.8, 4) is 5.75 Å². The molecule has 2 aromatic rings. The fraction of sp³-hybridized carbons (Fsp3) is 0.167. The third kappa shape index (κ3) is 2.13. The van der Waals surface area contributed by atoms with E-state index in [0.29, 0.717) is 5.75 Å². The van der Waals surface area contributed by atoms with Crippen LogP contribution in [0.15, 0.2) is 36.5 Å². The molecule has 1 aromatic carbocycles. The number of rotatable bonds is 3. The highest BCUT2D eigenvalue weighted by Gasteiger charge is 2.02. The van der Waals surface area contributed by atoms with E-state index in [1.165, 1.54) is 6.92 Å². The first-order valence-corrected chi connectivity index (χ1v) is 4.73. The molecule has 2 rings (SSSR count). The lowest BCUT2D eigenvalue weighted by atomic mass is 10.2. The molecule has 76 valence electrons. The molecular formula is C12H11NO2. The highest BCUT2D eigenvalue weighted by Crippen LogP contribution is 2.23. The second-order valence-electron chi connectivity index (χ2n) is 3.32. The van der Waals surface area contributed by atoms with Gasteiger partial charge in [-0.2, -0.15) is 0 Å². The molecule has 0 amide bonds. The summed E-state index contributed by atoms with van der Waals surface area (Å²) in [7, 11) is 0. The van der Waals surface area contributed by atoms with Gasteiger partial charge in [-0.1, -0.05) is 6.07 Å². The van der Waals surface area contributed by atoms with Gasteiger partial charge in [0.15, 0.2) is 5.78 Å². The lowest BCUT2D eigenvalue weighted by molar-refractivity contribution is -0.118. The molecule has 0 atom stereocenters. The molecule has 0 bridgehead atoms. The van der Waals surface area contributed by atoms with Crippen molar-refractivity contribution in [2.75, 3.05) is 6.61 Å². The predicted octanol–water partition coefficient (Wildman–Crippen LogP) is 2.20. The number of carbonyl (C=O) groups excluding carboxylic acids is 1. The molecule has 0 saturated carbocycles. The van der Waals surface area contributed by atoms with E-state index in [2.05, 4.69) is 4.98 Å². The largest absolute Gasteiger partial charge is 0.485 e. The fourth-order valence-corrected chi connectivity index (χ4v) is 1.38. The fourth-order valence-electron chi connectivity index (χ4n) is 1.38. The van der Waals surface area contributed by atoms with Gasteiger partial charge in [0.05, 0.1) is 5.52 Å². The molecule has 1 heterocycles. The first kappa shape index (κ1) is 9.65. The van der Waals surface area contributed by atoms with Gasteiger partial charge in [0.2, 0.25) is 0 Å². The van der Waals surface area contributed by atoms with Crippen LogP contribution in [0, 0.1) is 0 Å². The van der Waals surface area contributed by atoms with Crippen LogP contribution in [-0.2, 0) is 4.79 Å². The van der Waals surface area contributed by atoms with Crippen molar-refractivity contribution in [2.45, 2.75) is 6.92 Å². The summed E-state index contributed by atoms with van der Waals surface area (Å²) < 4.78 is 5.39. The number of aromatic nitrogens is 1. The molecule has 3 nitrogen and oxygen atoms in total. The lowest BCUT2D eigenvalue weighted by Crippen LogP contribution is -2.06. The van der Waals surface area contributed by atoms with Crippen LogP contribution in [0.3, 0.4) is 0 Å². The summed E-state index contributed by atoms with van der Waals surface area (Å²) in [4.78, 5) is 15.0. The number of nitrogens with zero attached hydrogens (tertiary/aromatic N) is 1. The van der Waals surface area contributed by atoms with E-state index >= 15 is 0 Å². The minimum absolute atomic E-state index is 0.0101. The summed E-state index contributed by atoms with van der Waals surface area (Å²) in [6, 6.07) is 9.40. The van der Waals surface area contributed by atoms with Crippen molar-refractivity contribution < 1.29 is 9.53 Å². The number of hydrogen-bond donors (Lipinski definition) is 0. The first-order chi connectivity index (χ1) is 7.27. The van der Waals surface area contributed by atoms with Crippen LogP contribution in [0.1, 0.15) is 6.92 Å². The smallest absolute Gasteiger partial charge is 0.167 e. The lowest BCUT2D eigenvalue weighted by Gasteiger charge is -2.06. The Bertz CT molecular complexity index is 488. The Kier molecular flexibility index (Phi) is 2.63. The number of benzene rings is 1. The Morgan fingerprint density at radius 1 is 1.33 bits per heavy atom. The molecule has 0 spiro atoms. The van der Waals surface area contributed by atoms with E-state index in [4.69, 9.17) is 4.74 Å². The number of hydrogen-bond acceptors (Lipinski definition) is 3. The van der Waals surface area contributed by atoms with E-state index in [1.807, 2.05) is 30.3 Å². The average Bonchev–Trinajstić information content (AvgIpc) is 2.26. The summed E-state index contributed by atoms with van der Waals surface area (Å²) in [5.41, 5.74) is 0.874. The van der Waals surface area contributed by atoms with E-state index < -0.39 is 0 Å². The van der Waals surface area contributed by atoms with Gasteiger partial charge < -0.3 is 4.74 Å². The molecular weight excluding hydrogens is 190 g/mol. The van der Waals surface area contributed by atoms with Gasteiger partial charge in [-0.05, 0) is 31.2 Å². The van der Waals surface area contributed by atoms with Crippen molar-refractivity contribution in [1.82, 2.24) is 4.98 Å². The maximum absolute atomic E-state index is 10.8. The van der Waals surface area contributed by atoms with Gasteiger partial charge in [-0.25, -0.2) is 0 Å². The van der Waals surface area contributed by atoms with Crippen molar-refractivity contribution >= 4 is 16.7 Å². The molecule has 0 unspecified atom stereocenters. The minimum Gasteiger partial charge on any atom is -0.485 e. The predicted molar refractivity (Wildman–Crippen MR) is 57.9 cm³/mol. The maximum Gasteiger partial charge on any atom is 0.167 e. The number of ether oxygens (including phenoxy) is 1. The second kappa shape index (κ2) is 4.09. The number of pyridine rings is 1. The number of Topliss-reactive ketones (excluding diaryl/α,β-unsaturated/α-hetero) is 1. The van der Waals surface area contributed by atoms with Crippen LogP contribution < -0.4 is 4.74 Å². The van der Waals surface area contributed by atoms with Crippen LogP contribution in [-0.4, -0.2) is 17.4 Å². The van der Waals surface area contributed by atoms with E-state index in [9.17, 15) is 4.79 Å². The molecule has 15 heavy (non-hydrogen) atoms. The maximum atomic E-state index is 10.8. The molecule has 0 aliphatic heterocycles. The Hall–Kier alpha value is -1.90. The first-order valence-electron chi connectivity index (χ1n) is 4.73. The molecule has 0 fully saturated rings. The molecule has 0 aliphatic carbocycles. The Morgan fingerprint density at radius 2 is 2.20 bits per heavy atom. The van der Waals surface area contributed by atoms with Crippen LogP contribution in [0.4, 0.5) is 0 Å². The van der Waals surface area contributed by atoms with E-state index in [-0.39, 0.29) is 12.4 Å². The monoisotopic (exact) mass is 201 g/mol. The van der Waals surface area contributed by atoms with Gasteiger partial charge in [0.1, 0.15) is 12.4 Å². The van der Waals surface area contributed by atoms with Crippen LogP contribution in [0.25, 0.3) is 10.9 Å². The van der Waals surface area contributed by atoms with Crippen LogP contribution in [0.2, 0.25) is 0 Å². The van der Waals surface area contributed by atoms with Gasteiger partial charge in [0, 0.05) is 11.6 Å². The molecule has 0 aliphatic rings. The molecule has 0 N–H and O–H groups in total. The number of fused-ring (bicyclic) bond motifs is 1. The molecule has 0 saturated heterocycles. The normalized spacial score (nSPS) is 10.2. The highest BCUT2D eigenvalue weighted by atomic mass is 16.5. The van der Waals surface area contributed by atoms with Gasteiger partial charge >= 0.3 is 0 Å². The van der Waals surface area contributed by atoms with Crippen LogP contribution in [0.5, 0.6) is 5.75 Å². The zero-order valence-corrected chi connectivity index (χ0v) is 8.43. The summed E-state index contributed by atoms with van der Waals surface area (Å²) in [6.07, 6.45) is 1.73. The molecule has 1 aromatic heterocycles.